The maximum Gasteiger partial charge on any atom is 0.335 e. The van der Waals surface area contributed by atoms with Crippen LogP contribution in [0, 0.1) is 0 Å². The summed E-state index contributed by atoms with van der Waals surface area (Å²) in [5, 5.41) is 31.6. The van der Waals surface area contributed by atoms with Gasteiger partial charge in [0.25, 0.3) is 0 Å². The Balaban J connectivity index is 2.64. The fraction of sp³-hybridized carbons (Fsp3) is 0.768. The number of carboxylic acids is 1. The van der Waals surface area contributed by atoms with Gasteiger partial charge in [0, 0.05) is 19.3 Å². The van der Waals surface area contributed by atoms with Crippen LogP contribution in [0.2, 0.25) is 0 Å². The lowest BCUT2D eigenvalue weighted by atomic mass is 9.98. The van der Waals surface area contributed by atoms with E-state index < -0.39 is 67.3 Å². The molecule has 466 valence electrons. The number of esters is 3. The van der Waals surface area contributed by atoms with Crippen LogP contribution >= 0.6 is 0 Å². The van der Waals surface area contributed by atoms with E-state index in [0.717, 1.165) is 122 Å². The van der Waals surface area contributed by atoms with E-state index in [1.54, 1.807) is 0 Å². The number of carboxylic acid groups (broad SMARTS) is 1. The van der Waals surface area contributed by atoms with Gasteiger partial charge in [-0.1, -0.05) is 235 Å². The Morgan fingerprint density at radius 2 is 0.765 bits per heavy atom. The molecule has 12 nitrogen and oxygen atoms in total. The first-order chi connectivity index (χ1) is 39.6. The van der Waals surface area contributed by atoms with Crippen molar-refractivity contribution in [1.29, 1.82) is 0 Å². The van der Waals surface area contributed by atoms with Crippen LogP contribution in [0.15, 0.2) is 72.9 Å². The second kappa shape index (κ2) is 56.6. The summed E-state index contributed by atoms with van der Waals surface area (Å²) < 4.78 is 28.5. The highest BCUT2D eigenvalue weighted by Crippen LogP contribution is 2.27. The van der Waals surface area contributed by atoms with Crippen LogP contribution in [-0.2, 0) is 42.9 Å². The summed E-state index contributed by atoms with van der Waals surface area (Å²) in [7, 11) is 0. The fourth-order valence-corrected chi connectivity index (χ4v) is 9.64. The largest absolute Gasteiger partial charge is 0.479 e. The molecule has 6 atom stereocenters. The van der Waals surface area contributed by atoms with Crippen LogP contribution in [0.25, 0.3) is 0 Å². The van der Waals surface area contributed by atoms with E-state index in [-0.39, 0.29) is 25.9 Å². The molecule has 1 saturated heterocycles. The van der Waals surface area contributed by atoms with Crippen molar-refractivity contribution in [3.63, 3.8) is 0 Å². The smallest absolute Gasteiger partial charge is 0.335 e. The number of allylic oxidation sites excluding steroid dienone is 12. The molecule has 0 aliphatic carbocycles. The fourth-order valence-electron chi connectivity index (χ4n) is 9.64. The van der Waals surface area contributed by atoms with Gasteiger partial charge in [0.1, 0.15) is 18.8 Å². The molecule has 0 aromatic rings. The predicted molar refractivity (Wildman–Crippen MR) is 331 cm³/mol. The van der Waals surface area contributed by atoms with Gasteiger partial charge in [0.05, 0.1) is 6.61 Å². The van der Waals surface area contributed by atoms with Crippen LogP contribution in [0.3, 0.4) is 0 Å². The van der Waals surface area contributed by atoms with Gasteiger partial charge >= 0.3 is 23.9 Å². The standard InChI is InChI=1S/C69H118O12/c1-4-7-10-13-16-19-22-25-27-29-31-33-35-38-40-43-46-49-52-55-61(70)77-58-60(79-62(71)56-53-50-47-44-41-37-24-21-18-15-12-9-6-3)59-78-69-67(65(74)64(73)66(81-69)68(75)76)80-63(72)57-54-51-48-45-42-39-36-34-32-30-28-26-23-20-17-14-11-8-5-2/h12,15,17,20-21,24-28,32,34,60,64-67,69,73-74H,4-11,13-14,16,18-19,22-23,29-31,33,35-59H2,1-3H3,(H,75,76)/b15-12-,20-17-,24-21-,27-25-,28-26-,34-32-. The third-order valence-electron chi connectivity index (χ3n) is 14.7. The average molecular weight is 1140 g/mol. The highest BCUT2D eigenvalue weighted by Gasteiger charge is 2.50. The van der Waals surface area contributed by atoms with Crippen molar-refractivity contribution in [2.45, 2.75) is 327 Å². The number of hydrogen-bond acceptors (Lipinski definition) is 11. The van der Waals surface area contributed by atoms with Gasteiger partial charge in [0.2, 0.25) is 0 Å². The van der Waals surface area contributed by atoms with Crippen molar-refractivity contribution in [3.05, 3.63) is 72.9 Å². The summed E-state index contributed by atoms with van der Waals surface area (Å²) in [6.45, 7) is 5.91. The summed E-state index contributed by atoms with van der Waals surface area (Å²) in [5.74, 6) is -3.15. The van der Waals surface area contributed by atoms with E-state index >= 15 is 0 Å². The van der Waals surface area contributed by atoms with Gasteiger partial charge in [-0.15, -0.1) is 0 Å². The Morgan fingerprint density at radius 1 is 0.407 bits per heavy atom. The van der Waals surface area contributed by atoms with Gasteiger partial charge in [-0.2, -0.15) is 0 Å². The molecule has 1 heterocycles. The zero-order valence-corrected chi connectivity index (χ0v) is 51.5. The molecular formula is C69H118O12. The van der Waals surface area contributed by atoms with Crippen LogP contribution in [0.4, 0.5) is 0 Å². The molecule has 0 radical (unpaired) electrons. The normalized spacial score (nSPS) is 18.2. The maximum absolute atomic E-state index is 13.2. The third-order valence-corrected chi connectivity index (χ3v) is 14.7. The van der Waals surface area contributed by atoms with Crippen LogP contribution in [0.1, 0.15) is 290 Å². The van der Waals surface area contributed by atoms with Crippen molar-refractivity contribution in [2.24, 2.45) is 0 Å². The molecule has 0 amide bonds. The molecule has 1 aliphatic rings. The number of hydrogen-bond donors (Lipinski definition) is 3. The Labute approximate surface area is 493 Å². The summed E-state index contributed by atoms with van der Waals surface area (Å²) in [5.41, 5.74) is 0. The van der Waals surface area contributed by atoms with E-state index in [2.05, 4.69) is 93.7 Å². The van der Waals surface area contributed by atoms with Gasteiger partial charge in [-0.3, -0.25) is 14.4 Å². The highest BCUT2D eigenvalue weighted by atomic mass is 16.7. The molecule has 0 saturated carbocycles. The zero-order chi connectivity index (χ0) is 58.9. The summed E-state index contributed by atoms with van der Waals surface area (Å²) >= 11 is 0. The van der Waals surface area contributed by atoms with Crippen molar-refractivity contribution in [2.75, 3.05) is 13.2 Å². The monoisotopic (exact) mass is 1140 g/mol. The Hall–Kier alpha value is -3.84. The van der Waals surface area contributed by atoms with E-state index in [1.807, 2.05) is 0 Å². The van der Waals surface area contributed by atoms with Crippen LogP contribution in [-0.4, -0.2) is 89.2 Å². The van der Waals surface area contributed by atoms with Gasteiger partial charge in [-0.25, -0.2) is 4.79 Å². The van der Waals surface area contributed by atoms with Crippen molar-refractivity contribution in [3.8, 4) is 0 Å². The van der Waals surface area contributed by atoms with E-state index in [1.165, 1.54) is 109 Å². The molecule has 1 rings (SSSR count). The second-order valence-corrected chi connectivity index (χ2v) is 22.4. The number of unbranched alkanes of at least 4 members (excludes halogenated alkanes) is 30. The summed E-state index contributed by atoms with van der Waals surface area (Å²) in [6.07, 6.45) is 60.0. The SMILES string of the molecule is CCC/C=C\C/C=C\CCCCCCCC(=O)OC(COC(=O)CCCCCCCCCCC/C=C\CCCCCCCC)COC1OC(C(=O)O)C(O)C(O)C1OC(=O)CCCCCCCC/C=C\C/C=C\C/C=C\CCCCC. The minimum Gasteiger partial charge on any atom is -0.479 e. The topological polar surface area (TPSA) is 175 Å². The number of carbonyl (C=O) groups excluding carboxylic acids is 3. The van der Waals surface area contributed by atoms with E-state index in [0.29, 0.717) is 19.3 Å². The Kier molecular flexibility index (Phi) is 52.6. The van der Waals surface area contributed by atoms with Crippen LogP contribution in [0.5, 0.6) is 0 Å². The zero-order valence-electron chi connectivity index (χ0n) is 51.5. The molecule has 0 aromatic carbocycles. The third kappa shape index (κ3) is 46.3. The number of rotatable bonds is 56. The number of carbonyl (C=O) groups is 4. The average Bonchev–Trinajstić information content (AvgIpc) is 3.54. The van der Waals surface area contributed by atoms with Gasteiger partial charge in [-0.05, 0) is 109 Å². The van der Waals surface area contributed by atoms with E-state index in [4.69, 9.17) is 23.7 Å². The van der Waals surface area contributed by atoms with Crippen molar-refractivity contribution < 1.29 is 58.2 Å². The molecule has 81 heavy (non-hydrogen) atoms. The molecule has 1 aliphatic heterocycles. The maximum atomic E-state index is 13.2. The summed E-state index contributed by atoms with van der Waals surface area (Å²) in [4.78, 5) is 51.3. The molecule has 6 unspecified atom stereocenters. The van der Waals surface area contributed by atoms with Gasteiger partial charge < -0.3 is 39.0 Å². The number of aliphatic hydroxyl groups is 2. The molecule has 0 spiro atoms. The Morgan fingerprint density at radius 3 is 1.21 bits per heavy atom. The summed E-state index contributed by atoms with van der Waals surface area (Å²) in [6, 6.07) is 0. The Bertz CT molecular complexity index is 1680. The lowest BCUT2D eigenvalue weighted by molar-refractivity contribution is -0.301. The molecule has 0 bridgehead atoms. The minimum atomic E-state index is -1.91. The lowest BCUT2D eigenvalue weighted by Gasteiger charge is -2.40. The molecule has 3 N–H and O–H groups in total. The first-order valence-electron chi connectivity index (χ1n) is 32.9. The molecule has 0 aromatic heterocycles. The minimum absolute atomic E-state index is 0.0429. The molecule has 12 heteroatoms. The number of ether oxygens (including phenoxy) is 5. The quantitative estimate of drug-likeness (QED) is 0.0228. The highest BCUT2D eigenvalue weighted by molar-refractivity contribution is 5.74. The first-order valence-corrected chi connectivity index (χ1v) is 32.9. The van der Waals surface area contributed by atoms with Crippen molar-refractivity contribution in [1.82, 2.24) is 0 Å². The van der Waals surface area contributed by atoms with Crippen molar-refractivity contribution >= 4 is 23.9 Å². The molecular weight excluding hydrogens is 1020 g/mol. The molecule has 1 fully saturated rings. The number of aliphatic hydroxyl groups excluding tert-OH is 2. The van der Waals surface area contributed by atoms with E-state index in [9.17, 15) is 34.5 Å². The first kappa shape index (κ1) is 75.2. The lowest BCUT2D eigenvalue weighted by Crippen LogP contribution is -2.61. The van der Waals surface area contributed by atoms with Gasteiger partial charge in [0.15, 0.2) is 24.6 Å². The van der Waals surface area contributed by atoms with Crippen LogP contribution < -0.4 is 0 Å². The second-order valence-electron chi connectivity index (χ2n) is 22.4. The number of aliphatic carboxylic acids is 1. The predicted octanol–water partition coefficient (Wildman–Crippen LogP) is 17.7.